The first-order valence-corrected chi connectivity index (χ1v) is 10.1. The summed E-state index contributed by atoms with van der Waals surface area (Å²) < 4.78 is 30.6. The Morgan fingerprint density at radius 1 is 1.23 bits per heavy atom. The van der Waals surface area contributed by atoms with E-state index in [-0.39, 0.29) is 11.7 Å². The maximum atomic E-state index is 12.5. The lowest BCUT2D eigenvalue weighted by molar-refractivity contribution is 0.102. The summed E-state index contributed by atoms with van der Waals surface area (Å²) >= 11 is 6.07. The van der Waals surface area contributed by atoms with Crippen LogP contribution < -0.4 is 14.4 Å². The predicted octanol–water partition coefficient (Wildman–Crippen LogP) is 3.45. The molecule has 0 radical (unpaired) electrons. The maximum absolute atomic E-state index is 12.5. The molecule has 26 heavy (non-hydrogen) atoms. The highest BCUT2D eigenvalue weighted by atomic mass is 35.5. The number of nitrogens with one attached hydrogen (secondary N) is 1. The van der Waals surface area contributed by atoms with Gasteiger partial charge in [-0.3, -0.25) is 9.10 Å². The van der Waals surface area contributed by atoms with E-state index in [0.717, 1.165) is 5.56 Å². The van der Waals surface area contributed by atoms with Gasteiger partial charge in [-0.05, 0) is 49.2 Å². The molecule has 2 aromatic carbocycles. The van der Waals surface area contributed by atoms with Crippen LogP contribution in [0, 0.1) is 6.92 Å². The minimum atomic E-state index is -3.24. The minimum absolute atomic E-state index is 0.158. The summed E-state index contributed by atoms with van der Waals surface area (Å²) in [6.45, 7) is 2.30. The Morgan fingerprint density at radius 2 is 1.92 bits per heavy atom. The van der Waals surface area contributed by atoms with Crippen LogP contribution in [0.25, 0.3) is 0 Å². The fraction of sp³-hybridized carbons (Fsp3) is 0.278. The van der Waals surface area contributed by atoms with Gasteiger partial charge in [0.1, 0.15) is 5.75 Å². The molecule has 0 bridgehead atoms. The lowest BCUT2D eigenvalue weighted by Gasteiger charge is -2.17. The number of rotatable bonds is 4. The number of amides is 1. The van der Waals surface area contributed by atoms with Gasteiger partial charge < -0.3 is 10.1 Å². The third-order valence-electron chi connectivity index (χ3n) is 4.25. The van der Waals surface area contributed by atoms with Crippen LogP contribution in [-0.4, -0.2) is 33.7 Å². The topological polar surface area (TPSA) is 75.7 Å². The van der Waals surface area contributed by atoms with Crippen LogP contribution in [0.1, 0.15) is 22.3 Å². The van der Waals surface area contributed by atoms with Crippen molar-refractivity contribution >= 4 is 38.9 Å². The molecule has 1 aliphatic rings. The van der Waals surface area contributed by atoms with E-state index < -0.39 is 10.0 Å². The first kappa shape index (κ1) is 18.5. The first-order valence-electron chi connectivity index (χ1n) is 8.08. The third-order valence-corrected chi connectivity index (χ3v) is 6.52. The van der Waals surface area contributed by atoms with Crippen molar-refractivity contribution in [2.24, 2.45) is 0 Å². The van der Waals surface area contributed by atoms with Gasteiger partial charge in [-0.1, -0.05) is 11.6 Å². The van der Waals surface area contributed by atoms with Crippen molar-refractivity contribution in [3.63, 3.8) is 0 Å². The Labute approximate surface area is 157 Å². The van der Waals surface area contributed by atoms with Crippen LogP contribution in [0.4, 0.5) is 11.4 Å². The zero-order valence-electron chi connectivity index (χ0n) is 14.5. The third kappa shape index (κ3) is 3.64. The second-order valence-corrected chi connectivity index (χ2v) is 8.46. The summed E-state index contributed by atoms with van der Waals surface area (Å²) in [4.78, 5) is 12.5. The maximum Gasteiger partial charge on any atom is 0.255 e. The van der Waals surface area contributed by atoms with E-state index in [4.69, 9.17) is 16.3 Å². The van der Waals surface area contributed by atoms with Crippen LogP contribution >= 0.6 is 11.6 Å². The monoisotopic (exact) mass is 394 g/mol. The van der Waals surface area contributed by atoms with Gasteiger partial charge in [0.25, 0.3) is 5.91 Å². The highest BCUT2D eigenvalue weighted by molar-refractivity contribution is 7.93. The van der Waals surface area contributed by atoms with Gasteiger partial charge in [0.15, 0.2) is 0 Å². The SMILES string of the molecule is COc1cc(Cl)c(C)cc1NC(=O)c1ccc(N2CCCS2(=O)=O)cc1. The Morgan fingerprint density at radius 3 is 2.50 bits per heavy atom. The standard InChI is InChI=1S/C18H19ClN2O4S/c1-12-10-16(17(25-2)11-15(12)19)20-18(22)13-4-6-14(7-5-13)21-8-3-9-26(21,23)24/h4-7,10-11H,3,8-9H2,1-2H3,(H,20,22). The van der Waals surface area contributed by atoms with Crippen LogP contribution in [0.15, 0.2) is 36.4 Å². The highest BCUT2D eigenvalue weighted by Crippen LogP contribution is 2.31. The molecular weight excluding hydrogens is 376 g/mol. The van der Waals surface area contributed by atoms with Crippen LogP contribution in [-0.2, 0) is 10.0 Å². The molecule has 2 aromatic rings. The molecule has 1 N–H and O–H groups in total. The molecule has 0 unspecified atom stereocenters. The molecular formula is C18H19ClN2O4S. The molecule has 0 aromatic heterocycles. The summed E-state index contributed by atoms with van der Waals surface area (Å²) in [7, 11) is -1.73. The van der Waals surface area contributed by atoms with Gasteiger partial charge in [0.05, 0.1) is 24.2 Å². The molecule has 1 fully saturated rings. The smallest absolute Gasteiger partial charge is 0.255 e. The van der Waals surface area contributed by atoms with E-state index in [1.807, 2.05) is 6.92 Å². The number of ether oxygens (including phenoxy) is 1. The van der Waals surface area contributed by atoms with Crippen molar-refractivity contribution in [3.05, 3.63) is 52.5 Å². The van der Waals surface area contributed by atoms with Crippen molar-refractivity contribution in [1.29, 1.82) is 0 Å². The number of halogens is 1. The lowest BCUT2D eigenvalue weighted by atomic mass is 10.1. The van der Waals surface area contributed by atoms with E-state index in [0.29, 0.717) is 40.7 Å². The van der Waals surface area contributed by atoms with Crippen LogP contribution in [0.3, 0.4) is 0 Å². The molecule has 0 aliphatic carbocycles. The average molecular weight is 395 g/mol. The summed E-state index contributed by atoms with van der Waals surface area (Å²) in [5, 5.41) is 3.35. The molecule has 1 aliphatic heterocycles. The van der Waals surface area contributed by atoms with Crippen molar-refractivity contribution in [1.82, 2.24) is 0 Å². The number of benzene rings is 2. The number of carbonyl (C=O) groups is 1. The van der Waals surface area contributed by atoms with Crippen molar-refractivity contribution < 1.29 is 17.9 Å². The van der Waals surface area contributed by atoms with E-state index in [1.54, 1.807) is 36.4 Å². The number of anilines is 2. The van der Waals surface area contributed by atoms with Gasteiger partial charge in [-0.25, -0.2) is 8.42 Å². The van der Waals surface area contributed by atoms with Crippen LogP contribution in [0.2, 0.25) is 5.02 Å². The van der Waals surface area contributed by atoms with Crippen molar-refractivity contribution in [2.75, 3.05) is 29.0 Å². The molecule has 1 heterocycles. The van der Waals surface area contributed by atoms with Crippen molar-refractivity contribution in [3.8, 4) is 5.75 Å². The molecule has 138 valence electrons. The summed E-state index contributed by atoms with van der Waals surface area (Å²) in [5.74, 6) is 0.305. The molecule has 1 amide bonds. The quantitative estimate of drug-likeness (QED) is 0.861. The number of hydrogen-bond acceptors (Lipinski definition) is 4. The van der Waals surface area contributed by atoms with Gasteiger partial charge in [0, 0.05) is 23.2 Å². The second kappa shape index (κ2) is 7.17. The zero-order chi connectivity index (χ0) is 18.9. The fourth-order valence-corrected chi connectivity index (χ4v) is 4.55. The minimum Gasteiger partial charge on any atom is -0.495 e. The Bertz CT molecular complexity index is 942. The van der Waals surface area contributed by atoms with E-state index in [2.05, 4.69) is 5.32 Å². The number of hydrogen-bond donors (Lipinski definition) is 1. The van der Waals surface area contributed by atoms with Gasteiger partial charge in [-0.2, -0.15) is 0 Å². The van der Waals surface area contributed by atoms with E-state index in [1.165, 1.54) is 11.4 Å². The second-order valence-electron chi connectivity index (χ2n) is 6.04. The molecule has 0 atom stereocenters. The number of nitrogens with zero attached hydrogens (tertiary/aromatic N) is 1. The Balaban J connectivity index is 1.80. The van der Waals surface area contributed by atoms with E-state index >= 15 is 0 Å². The lowest BCUT2D eigenvalue weighted by Crippen LogP contribution is -2.25. The summed E-state index contributed by atoms with van der Waals surface area (Å²) in [6.07, 6.45) is 0.611. The van der Waals surface area contributed by atoms with Crippen LogP contribution in [0.5, 0.6) is 5.75 Å². The number of carbonyl (C=O) groups excluding carboxylic acids is 1. The highest BCUT2D eigenvalue weighted by Gasteiger charge is 2.28. The van der Waals surface area contributed by atoms with Gasteiger partial charge in [0.2, 0.25) is 10.0 Å². The molecule has 3 rings (SSSR count). The number of methoxy groups -OCH3 is 1. The van der Waals surface area contributed by atoms with Gasteiger partial charge in [-0.15, -0.1) is 0 Å². The average Bonchev–Trinajstić information content (AvgIpc) is 2.97. The van der Waals surface area contributed by atoms with Crippen molar-refractivity contribution in [2.45, 2.75) is 13.3 Å². The van der Waals surface area contributed by atoms with E-state index in [9.17, 15) is 13.2 Å². The van der Waals surface area contributed by atoms with Gasteiger partial charge >= 0.3 is 0 Å². The largest absolute Gasteiger partial charge is 0.495 e. The summed E-state index contributed by atoms with van der Waals surface area (Å²) in [5.41, 5.74) is 2.32. The molecule has 0 spiro atoms. The molecule has 8 heteroatoms. The number of aryl methyl sites for hydroxylation is 1. The fourth-order valence-electron chi connectivity index (χ4n) is 2.83. The molecule has 6 nitrogen and oxygen atoms in total. The Kier molecular flexibility index (Phi) is 5.11. The number of sulfonamides is 1. The first-order chi connectivity index (χ1) is 12.3. The molecule has 1 saturated heterocycles. The molecule has 0 saturated carbocycles. The normalized spacial score (nSPS) is 15.7. The zero-order valence-corrected chi connectivity index (χ0v) is 16.0. The Hall–Kier alpha value is -2.25. The predicted molar refractivity (Wildman–Crippen MR) is 103 cm³/mol. The summed E-state index contributed by atoms with van der Waals surface area (Å²) in [6, 6.07) is 9.88.